The topological polar surface area (TPSA) is 64.3 Å². The minimum absolute atomic E-state index is 0.393. The van der Waals surface area contributed by atoms with Gasteiger partial charge in [0.1, 0.15) is 0 Å². The van der Waals surface area contributed by atoms with Crippen molar-refractivity contribution >= 4 is 28.9 Å². The van der Waals surface area contributed by atoms with E-state index >= 15 is 0 Å². The van der Waals surface area contributed by atoms with E-state index in [2.05, 4.69) is 5.32 Å². The molecule has 2 aromatic rings. The number of para-hydroxylation sites is 1. The van der Waals surface area contributed by atoms with Gasteiger partial charge < -0.3 is 15.8 Å². The number of ether oxygens (including phenoxy) is 1. The molecule has 2 rings (SSSR count). The van der Waals surface area contributed by atoms with E-state index in [1.54, 1.807) is 18.2 Å². The average molecular weight is 291 g/mol. The smallest absolute Gasteiger partial charge is 0.332 e. The Kier molecular flexibility index (Phi) is 4.48. The maximum Gasteiger partial charge on any atom is 0.332 e. The summed E-state index contributed by atoms with van der Waals surface area (Å²) >= 11 is 5.98. The highest BCUT2D eigenvalue weighted by Crippen LogP contribution is 2.30. The number of nitrogen functional groups attached to an aromatic ring is 1. The quantitative estimate of drug-likeness (QED) is 0.670. The molecular weight excluding hydrogens is 276 g/mol. The van der Waals surface area contributed by atoms with Crippen LogP contribution in [0.5, 0.6) is 0 Å². The standard InChI is InChI=1S/C15H15ClN2O2/c1-20-15(19)14(10-6-3-2-4-7-10)18-12-9-5-8-11(16)13(12)17/h2-9,14,18H,17H2,1H3. The maximum atomic E-state index is 12.0. The van der Waals surface area contributed by atoms with Gasteiger partial charge in [0.2, 0.25) is 0 Å². The largest absolute Gasteiger partial charge is 0.467 e. The number of halogens is 1. The Bertz CT molecular complexity index is 602. The molecule has 2 aromatic carbocycles. The predicted octanol–water partition coefficient (Wildman–Crippen LogP) is 3.25. The van der Waals surface area contributed by atoms with Crippen LogP contribution in [0, 0.1) is 0 Å². The van der Waals surface area contributed by atoms with Crippen LogP contribution >= 0.6 is 11.6 Å². The van der Waals surface area contributed by atoms with E-state index in [1.807, 2.05) is 30.3 Å². The molecule has 3 N–H and O–H groups in total. The van der Waals surface area contributed by atoms with Crippen LogP contribution in [0.25, 0.3) is 0 Å². The van der Waals surface area contributed by atoms with Crippen LogP contribution in [0.4, 0.5) is 11.4 Å². The average Bonchev–Trinajstić information content (AvgIpc) is 2.49. The molecule has 0 radical (unpaired) electrons. The minimum Gasteiger partial charge on any atom is -0.467 e. The Morgan fingerprint density at radius 1 is 1.20 bits per heavy atom. The van der Waals surface area contributed by atoms with Gasteiger partial charge in [-0.2, -0.15) is 0 Å². The second kappa shape index (κ2) is 6.30. The zero-order valence-electron chi connectivity index (χ0n) is 11.0. The van der Waals surface area contributed by atoms with Gasteiger partial charge in [-0.15, -0.1) is 0 Å². The molecule has 0 amide bonds. The third kappa shape index (κ3) is 3.03. The predicted molar refractivity (Wildman–Crippen MR) is 80.7 cm³/mol. The second-order valence-corrected chi connectivity index (χ2v) is 4.62. The lowest BCUT2D eigenvalue weighted by Gasteiger charge is -2.19. The summed E-state index contributed by atoms with van der Waals surface area (Å²) in [6.45, 7) is 0. The molecule has 0 aromatic heterocycles. The van der Waals surface area contributed by atoms with Gasteiger partial charge in [-0.05, 0) is 17.7 Å². The number of hydrogen-bond donors (Lipinski definition) is 2. The highest BCUT2D eigenvalue weighted by atomic mass is 35.5. The summed E-state index contributed by atoms with van der Waals surface area (Å²) in [5, 5.41) is 3.51. The monoisotopic (exact) mass is 290 g/mol. The van der Waals surface area contributed by atoms with Gasteiger partial charge in [0.15, 0.2) is 6.04 Å². The second-order valence-electron chi connectivity index (χ2n) is 4.21. The highest BCUT2D eigenvalue weighted by molar-refractivity contribution is 6.33. The van der Waals surface area contributed by atoms with E-state index < -0.39 is 12.0 Å². The molecule has 5 heteroatoms. The van der Waals surface area contributed by atoms with Crippen LogP contribution in [-0.2, 0) is 9.53 Å². The van der Waals surface area contributed by atoms with Gasteiger partial charge >= 0.3 is 5.97 Å². The molecule has 0 saturated heterocycles. The summed E-state index contributed by atoms with van der Waals surface area (Å²) in [5.74, 6) is -0.393. The molecule has 1 atom stereocenters. The summed E-state index contributed by atoms with van der Waals surface area (Å²) in [5.41, 5.74) is 7.69. The fraction of sp³-hybridized carbons (Fsp3) is 0.133. The van der Waals surface area contributed by atoms with Crippen LogP contribution in [0.2, 0.25) is 5.02 Å². The lowest BCUT2D eigenvalue weighted by Crippen LogP contribution is -2.22. The Labute approximate surface area is 122 Å². The first-order valence-electron chi connectivity index (χ1n) is 6.06. The van der Waals surface area contributed by atoms with E-state index in [0.29, 0.717) is 16.4 Å². The fourth-order valence-corrected chi connectivity index (χ4v) is 2.03. The van der Waals surface area contributed by atoms with Gasteiger partial charge in [-0.25, -0.2) is 4.79 Å². The van der Waals surface area contributed by atoms with Crippen molar-refractivity contribution in [1.82, 2.24) is 0 Å². The van der Waals surface area contributed by atoms with Crippen molar-refractivity contribution in [2.45, 2.75) is 6.04 Å². The van der Waals surface area contributed by atoms with Crippen molar-refractivity contribution in [1.29, 1.82) is 0 Å². The van der Waals surface area contributed by atoms with Crippen LogP contribution < -0.4 is 11.1 Å². The lowest BCUT2D eigenvalue weighted by atomic mass is 10.1. The zero-order valence-corrected chi connectivity index (χ0v) is 11.7. The minimum atomic E-state index is -0.637. The van der Waals surface area contributed by atoms with Gasteiger partial charge in [0.05, 0.1) is 23.5 Å². The SMILES string of the molecule is COC(=O)C(Nc1cccc(Cl)c1N)c1ccccc1. The first kappa shape index (κ1) is 14.2. The molecule has 0 fully saturated rings. The molecule has 0 aliphatic rings. The normalized spacial score (nSPS) is 11.7. The number of esters is 1. The van der Waals surface area contributed by atoms with Crippen molar-refractivity contribution in [2.75, 3.05) is 18.2 Å². The van der Waals surface area contributed by atoms with Crippen molar-refractivity contribution in [3.8, 4) is 0 Å². The number of anilines is 2. The highest BCUT2D eigenvalue weighted by Gasteiger charge is 2.22. The number of hydrogen-bond acceptors (Lipinski definition) is 4. The van der Waals surface area contributed by atoms with Crippen molar-refractivity contribution in [3.05, 3.63) is 59.1 Å². The number of benzene rings is 2. The zero-order chi connectivity index (χ0) is 14.5. The van der Waals surface area contributed by atoms with Crippen LogP contribution in [0.1, 0.15) is 11.6 Å². The third-order valence-electron chi connectivity index (χ3n) is 2.92. The summed E-state index contributed by atoms with van der Waals surface area (Å²) in [7, 11) is 1.35. The summed E-state index contributed by atoms with van der Waals surface area (Å²) in [6.07, 6.45) is 0. The molecule has 0 spiro atoms. The number of carbonyl (C=O) groups is 1. The molecule has 0 aliphatic carbocycles. The first-order chi connectivity index (χ1) is 9.63. The summed E-state index contributed by atoms with van der Waals surface area (Å²) < 4.78 is 4.83. The number of rotatable bonds is 4. The third-order valence-corrected chi connectivity index (χ3v) is 3.25. The van der Waals surface area contributed by atoms with Crippen molar-refractivity contribution in [2.24, 2.45) is 0 Å². The van der Waals surface area contributed by atoms with Crippen molar-refractivity contribution < 1.29 is 9.53 Å². The number of nitrogens with one attached hydrogen (secondary N) is 1. The summed E-state index contributed by atoms with van der Waals surface area (Å²) in [4.78, 5) is 12.0. The molecule has 0 bridgehead atoms. The molecule has 1 unspecified atom stereocenters. The van der Waals surface area contributed by atoms with E-state index in [1.165, 1.54) is 7.11 Å². The van der Waals surface area contributed by atoms with Crippen LogP contribution in [-0.4, -0.2) is 13.1 Å². The Morgan fingerprint density at radius 3 is 2.55 bits per heavy atom. The van der Waals surface area contributed by atoms with Gasteiger partial charge in [-0.3, -0.25) is 0 Å². The lowest BCUT2D eigenvalue weighted by molar-refractivity contribution is -0.141. The van der Waals surface area contributed by atoms with Gasteiger partial charge in [0, 0.05) is 0 Å². The van der Waals surface area contributed by atoms with Crippen LogP contribution in [0.15, 0.2) is 48.5 Å². The number of nitrogens with two attached hydrogens (primary N) is 1. The number of carbonyl (C=O) groups excluding carboxylic acids is 1. The Balaban J connectivity index is 2.34. The fourth-order valence-electron chi connectivity index (χ4n) is 1.86. The molecule has 104 valence electrons. The number of methoxy groups -OCH3 is 1. The molecule has 0 heterocycles. The Morgan fingerprint density at radius 2 is 1.90 bits per heavy atom. The molecule has 0 aliphatic heterocycles. The summed E-state index contributed by atoms with van der Waals surface area (Å²) in [6, 6.07) is 13.9. The Hall–Kier alpha value is -2.20. The maximum absolute atomic E-state index is 12.0. The van der Waals surface area contributed by atoms with Gasteiger partial charge in [0.25, 0.3) is 0 Å². The molecule has 0 saturated carbocycles. The van der Waals surface area contributed by atoms with Crippen LogP contribution in [0.3, 0.4) is 0 Å². The van der Waals surface area contributed by atoms with E-state index in [4.69, 9.17) is 22.1 Å². The van der Waals surface area contributed by atoms with E-state index in [9.17, 15) is 4.79 Å². The first-order valence-corrected chi connectivity index (χ1v) is 6.44. The van der Waals surface area contributed by atoms with E-state index in [0.717, 1.165) is 5.56 Å². The molecule has 20 heavy (non-hydrogen) atoms. The van der Waals surface area contributed by atoms with Gasteiger partial charge in [-0.1, -0.05) is 48.0 Å². The molecular formula is C15H15ClN2O2. The van der Waals surface area contributed by atoms with Crippen molar-refractivity contribution in [3.63, 3.8) is 0 Å². The molecule has 4 nitrogen and oxygen atoms in total. The van der Waals surface area contributed by atoms with E-state index in [-0.39, 0.29) is 0 Å².